The fourth-order valence-electron chi connectivity index (χ4n) is 2.42. The van der Waals surface area contributed by atoms with Gasteiger partial charge in [-0.15, -0.1) is 0 Å². The van der Waals surface area contributed by atoms with Gasteiger partial charge in [0.05, 0.1) is 10.5 Å². The van der Waals surface area contributed by atoms with E-state index < -0.39 is 14.6 Å². The SMILES string of the molecule is CC(C)C1CN(CCS(=O)(=O)C(C)(C)C)C(C)(C)CN1. The first-order valence-corrected chi connectivity index (χ1v) is 9.23. The van der Waals surface area contributed by atoms with Gasteiger partial charge < -0.3 is 5.32 Å². The van der Waals surface area contributed by atoms with Gasteiger partial charge in [-0.05, 0) is 40.5 Å². The first-order chi connectivity index (χ1) is 8.87. The number of nitrogens with zero attached hydrogens (tertiary/aromatic N) is 1. The molecule has 1 fully saturated rings. The first-order valence-electron chi connectivity index (χ1n) is 7.57. The van der Waals surface area contributed by atoms with Crippen molar-refractivity contribution in [2.24, 2.45) is 5.92 Å². The van der Waals surface area contributed by atoms with Crippen LogP contribution >= 0.6 is 0 Å². The molecule has 0 aliphatic carbocycles. The smallest absolute Gasteiger partial charge is 0.156 e. The third kappa shape index (κ3) is 4.18. The number of hydrogen-bond donors (Lipinski definition) is 1. The zero-order valence-corrected chi connectivity index (χ0v) is 15.0. The zero-order valence-electron chi connectivity index (χ0n) is 14.2. The van der Waals surface area contributed by atoms with E-state index in [0.29, 0.717) is 18.5 Å². The summed E-state index contributed by atoms with van der Waals surface area (Å²) in [6.07, 6.45) is 0. The van der Waals surface area contributed by atoms with Crippen LogP contribution in [0.15, 0.2) is 0 Å². The predicted molar refractivity (Wildman–Crippen MR) is 85.8 cm³/mol. The van der Waals surface area contributed by atoms with E-state index in [0.717, 1.165) is 13.1 Å². The highest BCUT2D eigenvalue weighted by atomic mass is 32.2. The van der Waals surface area contributed by atoms with E-state index >= 15 is 0 Å². The second-order valence-electron chi connectivity index (χ2n) is 7.92. The minimum Gasteiger partial charge on any atom is -0.311 e. The van der Waals surface area contributed by atoms with Crippen LogP contribution in [-0.2, 0) is 9.84 Å². The summed E-state index contributed by atoms with van der Waals surface area (Å²) in [4.78, 5) is 2.33. The summed E-state index contributed by atoms with van der Waals surface area (Å²) in [7, 11) is -3.05. The van der Waals surface area contributed by atoms with Gasteiger partial charge in [-0.1, -0.05) is 13.8 Å². The molecule has 0 amide bonds. The Bertz CT molecular complexity index is 422. The van der Waals surface area contributed by atoms with Crippen LogP contribution in [0.3, 0.4) is 0 Å². The van der Waals surface area contributed by atoms with Crippen LogP contribution in [-0.4, -0.2) is 55.0 Å². The van der Waals surface area contributed by atoms with Gasteiger partial charge in [-0.25, -0.2) is 8.42 Å². The molecule has 1 rings (SSSR count). The molecular formula is C15H32N2O2S. The Balaban J connectivity index is 2.73. The van der Waals surface area contributed by atoms with Crippen LogP contribution in [0.2, 0.25) is 0 Å². The van der Waals surface area contributed by atoms with Crippen molar-refractivity contribution in [3.05, 3.63) is 0 Å². The maximum Gasteiger partial charge on any atom is 0.156 e. The van der Waals surface area contributed by atoms with Gasteiger partial charge in [0.2, 0.25) is 0 Å². The molecule has 4 nitrogen and oxygen atoms in total. The third-order valence-electron chi connectivity index (χ3n) is 4.44. The Kier molecular flexibility index (Phi) is 5.32. The lowest BCUT2D eigenvalue weighted by molar-refractivity contribution is 0.0605. The lowest BCUT2D eigenvalue weighted by Crippen LogP contribution is -2.63. The topological polar surface area (TPSA) is 49.4 Å². The van der Waals surface area contributed by atoms with Crippen LogP contribution in [0.1, 0.15) is 48.5 Å². The quantitative estimate of drug-likeness (QED) is 0.862. The van der Waals surface area contributed by atoms with Crippen LogP contribution < -0.4 is 5.32 Å². The maximum absolute atomic E-state index is 12.3. The number of nitrogens with one attached hydrogen (secondary N) is 1. The molecule has 0 aromatic carbocycles. The summed E-state index contributed by atoms with van der Waals surface area (Å²) in [5, 5.41) is 3.58. The Morgan fingerprint density at radius 3 is 2.30 bits per heavy atom. The monoisotopic (exact) mass is 304 g/mol. The normalized spacial score (nSPS) is 25.1. The van der Waals surface area contributed by atoms with Crippen molar-refractivity contribution in [1.82, 2.24) is 10.2 Å². The lowest BCUT2D eigenvalue weighted by Gasteiger charge is -2.47. The van der Waals surface area contributed by atoms with Crippen LogP contribution in [0.25, 0.3) is 0 Å². The minimum atomic E-state index is -3.05. The van der Waals surface area contributed by atoms with E-state index in [4.69, 9.17) is 0 Å². The van der Waals surface area contributed by atoms with E-state index in [1.165, 1.54) is 0 Å². The van der Waals surface area contributed by atoms with Crippen LogP contribution in [0, 0.1) is 5.92 Å². The molecule has 5 heteroatoms. The van der Waals surface area contributed by atoms with E-state index in [-0.39, 0.29) is 11.3 Å². The molecule has 0 saturated carbocycles. The summed E-state index contributed by atoms with van der Waals surface area (Å²) >= 11 is 0. The Labute approximate surface area is 125 Å². The van der Waals surface area contributed by atoms with Gasteiger partial charge in [0, 0.05) is 31.2 Å². The highest BCUT2D eigenvalue weighted by Crippen LogP contribution is 2.23. The Morgan fingerprint density at radius 1 is 1.30 bits per heavy atom. The minimum absolute atomic E-state index is 0.0127. The largest absolute Gasteiger partial charge is 0.311 e. The molecule has 1 aliphatic heterocycles. The molecule has 1 saturated heterocycles. The van der Waals surface area contributed by atoms with E-state index in [1.54, 1.807) is 20.8 Å². The second-order valence-corrected chi connectivity index (χ2v) is 10.8. The molecule has 0 bridgehead atoms. The molecule has 1 aliphatic rings. The van der Waals surface area contributed by atoms with Gasteiger partial charge in [-0.2, -0.15) is 0 Å². The van der Waals surface area contributed by atoms with Gasteiger partial charge in [0.25, 0.3) is 0 Å². The summed E-state index contributed by atoms with van der Waals surface area (Å²) in [5.41, 5.74) is 0.0127. The number of rotatable bonds is 4. The highest BCUT2D eigenvalue weighted by Gasteiger charge is 2.36. The molecule has 20 heavy (non-hydrogen) atoms. The fourth-order valence-corrected chi connectivity index (χ4v) is 3.49. The number of hydrogen-bond acceptors (Lipinski definition) is 4. The van der Waals surface area contributed by atoms with Crippen molar-refractivity contribution in [3.63, 3.8) is 0 Å². The highest BCUT2D eigenvalue weighted by molar-refractivity contribution is 7.92. The van der Waals surface area contributed by atoms with Crippen LogP contribution in [0.5, 0.6) is 0 Å². The summed E-state index contributed by atoms with van der Waals surface area (Å²) in [5.74, 6) is 0.804. The second kappa shape index (κ2) is 5.93. The third-order valence-corrected chi connectivity index (χ3v) is 7.02. The Hall–Kier alpha value is -0.130. The summed E-state index contributed by atoms with van der Waals surface area (Å²) < 4.78 is 23.9. The van der Waals surface area contributed by atoms with E-state index in [1.807, 2.05) is 0 Å². The number of sulfone groups is 1. The molecule has 0 radical (unpaired) electrons. The summed E-state index contributed by atoms with van der Waals surface area (Å²) in [6, 6.07) is 0.445. The van der Waals surface area contributed by atoms with E-state index in [9.17, 15) is 8.42 Å². The van der Waals surface area contributed by atoms with Crippen molar-refractivity contribution < 1.29 is 8.42 Å². The molecule has 1 atom stereocenters. The standard InChI is InChI=1S/C15H32N2O2S/c1-12(2)13-10-17(15(6,7)11-16-13)8-9-20(18,19)14(3,4)5/h12-13,16H,8-11H2,1-7H3. The van der Waals surface area contributed by atoms with Crippen molar-refractivity contribution in [1.29, 1.82) is 0 Å². The van der Waals surface area contributed by atoms with E-state index in [2.05, 4.69) is 37.9 Å². The molecule has 1 heterocycles. The van der Waals surface area contributed by atoms with Crippen LogP contribution in [0.4, 0.5) is 0 Å². The molecule has 1 N–H and O–H groups in total. The zero-order chi connectivity index (χ0) is 15.8. The van der Waals surface area contributed by atoms with Gasteiger partial charge >= 0.3 is 0 Å². The molecule has 120 valence electrons. The average molecular weight is 305 g/mol. The molecule has 1 unspecified atom stereocenters. The average Bonchev–Trinajstić information content (AvgIpc) is 2.25. The molecule has 0 spiro atoms. The van der Waals surface area contributed by atoms with Crippen molar-refractivity contribution >= 4 is 9.84 Å². The molecular weight excluding hydrogens is 272 g/mol. The lowest BCUT2D eigenvalue weighted by atomic mass is 9.93. The molecule has 0 aromatic rings. The van der Waals surface area contributed by atoms with Gasteiger partial charge in [0.1, 0.15) is 0 Å². The Morgan fingerprint density at radius 2 is 1.85 bits per heavy atom. The summed E-state index contributed by atoms with van der Waals surface area (Å²) in [6.45, 7) is 16.6. The molecule has 0 aromatic heterocycles. The van der Waals surface area contributed by atoms with Crippen molar-refractivity contribution in [3.8, 4) is 0 Å². The van der Waals surface area contributed by atoms with Gasteiger partial charge in [0.15, 0.2) is 9.84 Å². The van der Waals surface area contributed by atoms with Crippen molar-refractivity contribution in [2.45, 2.75) is 64.8 Å². The predicted octanol–water partition coefficient (Wildman–Crippen LogP) is 1.91. The van der Waals surface area contributed by atoms with Crippen molar-refractivity contribution in [2.75, 3.05) is 25.4 Å². The maximum atomic E-state index is 12.3. The van der Waals surface area contributed by atoms with Gasteiger partial charge in [-0.3, -0.25) is 4.90 Å². The first kappa shape index (κ1) is 17.9. The number of piperazine rings is 1. The fraction of sp³-hybridized carbons (Fsp3) is 1.00.